The highest BCUT2D eigenvalue weighted by Crippen LogP contribution is 2.52. The van der Waals surface area contributed by atoms with E-state index >= 15 is 0 Å². The van der Waals surface area contributed by atoms with E-state index in [1.807, 2.05) is 35.4 Å². The van der Waals surface area contributed by atoms with Crippen LogP contribution < -0.4 is 15.9 Å². The molecule has 6 heteroatoms. The summed E-state index contributed by atoms with van der Waals surface area (Å²) in [7, 11) is 0. The first-order valence-corrected chi connectivity index (χ1v) is 12.7. The van der Waals surface area contributed by atoms with Crippen LogP contribution in [0.5, 0.6) is 0 Å². The highest BCUT2D eigenvalue weighted by atomic mass is 32.2. The number of thioether (sulfide) groups is 1. The molecule has 2 heterocycles. The maximum Gasteiger partial charge on any atom is 0.276 e. The van der Waals surface area contributed by atoms with Crippen LogP contribution in [0.1, 0.15) is 46.5 Å². The first-order chi connectivity index (χ1) is 15.4. The number of carbonyl (C=O) groups excluding carboxylic acids is 1. The minimum Gasteiger partial charge on any atom is -0.298 e. The van der Waals surface area contributed by atoms with Gasteiger partial charge in [0.1, 0.15) is 11.9 Å². The van der Waals surface area contributed by atoms with E-state index in [2.05, 4.69) is 38.7 Å². The maximum atomic E-state index is 13.2. The van der Waals surface area contributed by atoms with Gasteiger partial charge in [-0.1, -0.05) is 68.5 Å². The molecule has 4 aliphatic rings. The molecule has 1 fully saturated rings. The van der Waals surface area contributed by atoms with Gasteiger partial charge >= 0.3 is 0 Å². The maximum absolute atomic E-state index is 13.2. The summed E-state index contributed by atoms with van der Waals surface area (Å²) in [6.07, 6.45) is 8.78. The Hall–Kier alpha value is -2.34. The van der Waals surface area contributed by atoms with E-state index in [9.17, 15) is 4.79 Å². The second-order valence-corrected chi connectivity index (χ2v) is 11.2. The molecular formula is C26H32N4OS. The molecule has 0 bridgehead atoms. The van der Waals surface area contributed by atoms with E-state index in [0.717, 1.165) is 23.4 Å². The number of hydrazone groups is 1. The van der Waals surface area contributed by atoms with Gasteiger partial charge < -0.3 is 0 Å². The number of rotatable bonds is 3. The summed E-state index contributed by atoms with van der Waals surface area (Å²) in [4.78, 5) is 18.5. The average Bonchev–Trinajstić information content (AvgIpc) is 2.76. The van der Waals surface area contributed by atoms with E-state index < -0.39 is 0 Å². The summed E-state index contributed by atoms with van der Waals surface area (Å²) in [6, 6.07) is 7.96. The van der Waals surface area contributed by atoms with Crippen LogP contribution in [-0.4, -0.2) is 28.0 Å². The zero-order chi connectivity index (χ0) is 22.5. The van der Waals surface area contributed by atoms with E-state index in [1.54, 1.807) is 5.57 Å². The first-order valence-electron chi connectivity index (χ1n) is 11.7. The van der Waals surface area contributed by atoms with Crippen molar-refractivity contribution in [2.75, 3.05) is 5.75 Å². The molecule has 0 aromatic heterocycles. The van der Waals surface area contributed by atoms with Crippen molar-refractivity contribution in [3.05, 3.63) is 59.1 Å². The van der Waals surface area contributed by atoms with Crippen molar-refractivity contribution in [1.82, 2.24) is 10.3 Å². The van der Waals surface area contributed by atoms with Gasteiger partial charge in [0.25, 0.3) is 5.91 Å². The Morgan fingerprint density at radius 2 is 2.16 bits per heavy atom. The molecule has 2 aliphatic carbocycles. The van der Waals surface area contributed by atoms with Gasteiger partial charge in [-0.2, -0.15) is 0 Å². The predicted octanol–water partition coefficient (Wildman–Crippen LogP) is 3.78. The van der Waals surface area contributed by atoms with E-state index in [4.69, 9.17) is 10.1 Å². The van der Waals surface area contributed by atoms with Gasteiger partial charge in [0.15, 0.2) is 5.17 Å². The molecule has 1 aromatic rings. The number of nitrogens with zero attached hydrogens (tertiary/aromatic N) is 3. The van der Waals surface area contributed by atoms with Gasteiger partial charge in [0.05, 0.1) is 5.36 Å². The van der Waals surface area contributed by atoms with Crippen LogP contribution in [0.3, 0.4) is 0 Å². The van der Waals surface area contributed by atoms with Crippen molar-refractivity contribution in [3.63, 3.8) is 0 Å². The molecule has 0 unspecified atom stereocenters. The third-order valence-electron chi connectivity index (χ3n) is 7.65. The molecule has 5 rings (SSSR count). The number of amides is 1. The molecule has 1 amide bonds. The normalized spacial score (nSPS) is 30.7. The van der Waals surface area contributed by atoms with Crippen molar-refractivity contribution >= 4 is 28.5 Å². The summed E-state index contributed by atoms with van der Waals surface area (Å²) in [6.45, 7) is 11.0. The summed E-state index contributed by atoms with van der Waals surface area (Å²) in [5, 5.41) is 12.2. The molecule has 0 saturated heterocycles. The Morgan fingerprint density at radius 3 is 2.97 bits per heavy atom. The molecule has 1 N–H and O–H groups in total. The molecule has 0 spiro atoms. The van der Waals surface area contributed by atoms with Gasteiger partial charge in [-0.05, 0) is 49.0 Å². The van der Waals surface area contributed by atoms with Crippen LogP contribution in [0.2, 0.25) is 0 Å². The van der Waals surface area contributed by atoms with E-state index in [0.29, 0.717) is 39.8 Å². The Labute approximate surface area is 194 Å². The highest BCUT2D eigenvalue weighted by molar-refractivity contribution is 8.14. The van der Waals surface area contributed by atoms with Crippen LogP contribution in [0.25, 0.3) is 5.70 Å². The molecule has 168 valence electrons. The largest absolute Gasteiger partial charge is 0.298 e. The molecular weight excluding hydrogens is 416 g/mol. The smallest absolute Gasteiger partial charge is 0.276 e. The number of nitrogens with one attached hydrogen (secondary N) is 1. The number of hydrogen-bond donors (Lipinski definition) is 1. The Bertz CT molecular complexity index is 1130. The topological polar surface area (TPSA) is 57.1 Å². The van der Waals surface area contributed by atoms with Crippen LogP contribution in [0.15, 0.2) is 58.7 Å². The van der Waals surface area contributed by atoms with Gasteiger partial charge in [-0.15, -0.1) is 11.7 Å². The quantitative estimate of drug-likeness (QED) is 0.716. The molecule has 1 saturated carbocycles. The standard InChI is InChI=1S/C26H32N4OS/c1-5-13-32-25-28-24(31)22-18-10-6-7-11-21(18)27-23(30(22)29-25)19-15-20-17(14-16(19)2)9-8-12-26(20,3)4/h5-7,9-11,16,19-20,23H,1,8,12-15H2,2-4H3,(H,28,29,31)/t16-,19-,20-,23+/m1/s1. The fourth-order valence-corrected chi connectivity index (χ4v) is 6.51. The highest BCUT2D eigenvalue weighted by Gasteiger charge is 2.46. The summed E-state index contributed by atoms with van der Waals surface area (Å²) in [5.41, 5.74) is 2.56. The number of amidine groups is 1. The lowest BCUT2D eigenvalue weighted by atomic mass is 9.58. The van der Waals surface area contributed by atoms with E-state index in [1.165, 1.54) is 24.6 Å². The van der Waals surface area contributed by atoms with Crippen molar-refractivity contribution < 1.29 is 4.79 Å². The zero-order valence-electron chi connectivity index (χ0n) is 19.2. The van der Waals surface area contributed by atoms with Crippen molar-refractivity contribution in [2.45, 2.75) is 52.6 Å². The van der Waals surface area contributed by atoms with Gasteiger partial charge in [-0.3, -0.25) is 15.1 Å². The van der Waals surface area contributed by atoms with Crippen LogP contribution in [0, 0.1) is 23.2 Å². The summed E-state index contributed by atoms with van der Waals surface area (Å²) < 4.78 is 0. The Morgan fingerprint density at radius 1 is 1.34 bits per heavy atom. The van der Waals surface area contributed by atoms with Crippen molar-refractivity contribution in [1.29, 1.82) is 0 Å². The second kappa shape index (κ2) is 8.22. The third kappa shape index (κ3) is 3.62. The summed E-state index contributed by atoms with van der Waals surface area (Å²) >= 11 is 1.50. The number of carbonyl (C=O) groups is 1. The summed E-state index contributed by atoms with van der Waals surface area (Å²) in [5.74, 6) is 1.99. The molecule has 5 nitrogen and oxygen atoms in total. The van der Waals surface area contributed by atoms with E-state index in [-0.39, 0.29) is 12.1 Å². The second-order valence-electron chi connectivity index (χ2n) is 10.2. The molecule has 4 atom stereocenters. The van der Waals surface area contributed by atoms with Crippen molar-refractivity contribution in [2.24, 2.45) is 33.3 Å². The monoisotopic (exact) mass is 448 g/mol. The average molecular weight is 449 g/mol. The SMILES string of the molecule is C=CCSC1=NN2C(=c3ccccc3=N[C@@H]2[C@@H]2C[C@@H]3C(=CCCC3(C)C)C[C@H]2C)C(=O)N1. The lowest BCUT2D eigenvalue weighted by Crippen LogP contribution is -2.56. The minimum atomic E-state index is -0.167. The van der Waals surface area contributed by atoms with Gasteiger partial charge in [0, 0.05) is 16.9 Å². The Kier molecular flexibility index (Phi) is 5.52. The van der Waals surface area contributed by atoms with Gasteiger partial charge in [-0.25, -0.2) is 5.01 Å². The van der Waals surface area contributed by atoms with Crippen molar-refractivity contribution in [3.8, 4) is 0 Å². The number of para-hydroxylation sites is 1. The van der Waals surface area contributed by atoms with Crippen LogP contribution >= 0.6 is 11.8 Å². The number of hydrogen-bond acceptors (Lipinski definition) is 5. The molecule has 0 radical (unpaired) electrons. The van der Waals surface area contributed by atoms with Crippen LogP contribution in [0.4, 0.5) is 0 Å². The molecule has 32 heavy (non-hydrogen) atoms. The number of fused-ring (bicyclic) bond motifs is 3. The lowest BCUT2D eigenvalue weighted by Gasteiger charge is -2.49. The minimum absolute atomic E-state index is 0.0963. The fraction of sp³-hybridized carbons (Fsp3) is 0.500. The van der Waals surface area contributed by atoms with Gasteiger partial charge in [0.2, 0.25) is 0 Å². The third-order valence-corrected chi connectivity index (χ3v) is 8.51. The number of allylic oxidation sites excluding steroid dienone is 2. The zero-order valence-corrected chi connectivity index (χ0v) is 20.0. The molecule has 1 aromatic carbocycles. The lowest BCUT2D eigenvalue weighted by molar-refractivity contribution is -0.116. The van der Waals surface area contributed by atoms with Crippen LogP contribution in [-0.2, 0) is 4.79 Å². The number of benzene rings is 1. The fourth-order valence-electron chi connectivity index (χ4n) is 5.92. The first kappa shape index (κ1) is 21.5. The predicted molar refractivity (Wildman–Crippen MR) is 131 cm³/mol. The molecule has 2 aliphatic heterocycles. The Balaban J connectivity index is 1.59.